The molecule has 4 nitrogen and oxygen atoms in total. The van der Waals surface area contributed by atoms with Crippen LogP contribution in [0.25, 0.3) is 0 Å². The number of nitrogens with zero attached hydrogens (tertiary/aromatic N) is 1. The zero-order valence-corrected chi connectivity index (χ0v) is 16.7. The Morgan fingerprint density at radius 2 is 1.74 bits per heavy atom. The molecule has 1 N–H and O–H groups in total. The van der Waals surface area contributed by atoms with Crippen LogP contribution in [0.5, 0.6) is 11.5 Å². The molecular formula is C16H29Cl3N2O2. The number of methoxy groups -OCH3 is 2. The zero-order chi connectivity index (χ0) is 15.7. The van der Waals surface area contributed by atoms with E-state index >= 15 is 0 Å². The van der Waals surface area contributed by atoms with Crippen LogP contribution in [0.2, 0.25) is 5.02 Å². The number of rotatable bonds is 10. The van der Waals surface area contributed by atoms with Crippen molar-refractivity contribution in [3.63, 3.8) is 0 Å². The molecule has 0 bridgehead atoms. The van der Waals surface area contributed by atoms with Gasteiger partial charge in [0.05, 0.1) is 19.2 Å². The fourth-order valence-corrected chi connectivity index (χ4v) is 2.58. The van der Waals surface area contributed by atoms with Gasteiger partial charge in [-0.1, -0.05) is 25.4 Å². The standard InChI is InChI=1S/C16H27ClN2O2.2ClH/c1-5-19(6-2)9-7-8-18-12-13-10-14(17)16(21-4)15(11-13)20-3;;/h10-11,18H,5-9,12H2,1-4H3;2*1H. The van der Waals surface area contributed by atoms with Gasteiger partial charge in [-0.2, -0.15) is 0 Å². The number of hydrogen-bond donors (Lipinski definition) is 1. The van der Waals surface area contributed by atoms with Gasteiger partial charge < -0.3 is 19.7 Å². The Balaban J connectivity index is 0. The Morgan fingerprint density at radius 1 is 1.09 bits per heavy atom. The molecule has 0 spiro atoms. The molecule has 1 aromatic carbocycles. The van der Waals surface area contributed by atoms with E-state index in [9.17, 15) is 0 Å². The number of hydrogen-bond acceptors (Lipinski definition) is 4. The van der Waals surface area contributed by atoms with Crippen LogP contribution in [-0.2, 0) is 6.54 Å². The Bertz CT molecular complexity index is 430. The van der Waals surface area contributed by atoms with Crippen LogP contribution in [0.4, 0.5) is 0 Å². The molecule has 1 rings (SSSR count). The zero-order valence-electron chi connectivity index (χ0n) is 14.4. The quantitative estimate of drug-likeness (QED) is 0.615. The molecule has 0 aliphatic rings. The molecule has 0 aliphatic heterocycles. The molecule has 0 saturated heterocycles. The molecule has 0 heterocycles. The fraction of sp³-hybridized carbons (Fsp3) is 0.625. The second kappa shape index (κ2) is 14.0. The first kappa shape index (κ1) is 24.9. The monoisotopic (exact) mass is 386 g/mol. The molecule has 0 atom stereocenters. The average Bonchev–Trinajstić information content (AvgIpc) is 2.50. The summed E-state index contributed by atoms with van der Waals surface area (Å²) in [5.74, 6) is 1.26. The summed E-state index contributed by atoms with van der Waals surface area (Å²) in [6, 6.07) is 3.88. The van der Waals surface area contributed by atoms with Crippen LogP contribution >= 0.6 is 36.4 Å². The lowest BCUT2D eigenvalue weighted by atomic mass is 10.2. The second-order valence-corrected chi connectivity index (χ2v) is 5.28. The van der Waals surface area contributed by atoms with E-state index in [0.717, 1.165) is 44.7 Å². The van der Waals surface area contributed by atoms with Crippen LogP contribution in [0.15, 0.2) is 12.1 Å². The van der Waals surface area contributed by atoms with Gasteiger partial charge >= 0.3 is 0 Å². The molecule has 1 aromatic rings. The third-order valence-corrected chi connectivity index (χ3v) is 3.83. The van der Waals surface area contributed by atoms with Crippen molar-refractivity contribution in [3.05, 3.63) is 22.7 Å². The van der Waals surface area contributed by atoms with E-state index in [4.69, 9.17) is 21.1 Å². The third kappa shape index (κ3) is 8.32. The van der Waals surface area contributed by atoms with Gasteiger partial charge in [0.2, 0.25) is 0 Å². The van der Waals surface area contributed by atoms with Crippen molar-refractivity contribution >= 4 is 36.4 Å². The van der Waals surface area contributed by atoms with Crippen molar-refractivity contribution in [2.24, 2.45) is 0 Å². The van der Waals surface area contributed by atoms with E-state index in [2.05, 4.69) is 24.1 Å². The normalized spacial score (nSPS) is 10.0. The summed E-state index contributed by atoms with van der Waals surface area (Å²) < 4.78 is 10.5. The third-order valence-electron chi connectivity index (χ3n) is 3.54. The first-order valence-corrected chi connectivity index (χ1v) is 7.87. The van der Waals surface area contributed by atoms with Crippen LogP contribution in [0, 0.1) is 0 Å². The molecular weight excluding hydrogens is 359 g/mol. The minimum atomic E-state index is 0. The van der Waals surface area contributed by atoms with Crippen molar-refractivity contribution < 1.29 is 9.47 Å². The molecule has 0 aromatic heterocycles. The molecule has 0 radical (unpaired) electrons. The molecule has 0 unspecified atom stereocenters. The number of halogens is 3. The molecule has 0 fully saturated rings. The summed E-state index contributed by atoms with van der Waals surface area (Å²) in [6.45, 7) is 9.52. The number of benzene rings is 1. The van der Waals surface area contributed by atoms with Gasteiger partial charge in [0.1, 0.15) is 0 Å². The van der Waals surface area contributed by atoms with Crippen LogP contribution in [-0.4, -0.2) is 45.3 Å². The lowest BCUT2D eigenvalue weighted by Crippen LogP contribution is -2.27. The topological polar surface area (TPSA) is 33.7 Å². The summed E-state index contributed by atoms with van der Waals surface area (Å²) in [5.41, 5.74) is 1.10. The van der Waals surface area contributed by atoms with E-state index in [1.165, 1.54) is 0 Å². The predicted molar refractivity (Wildman–Crippen MR) is 103 cm³/mol. The smallest absolute Gasteiger partial charge is 0.179 e. The molecule has 0 saturated carbocycles. The summed E-state index contributed by atoms with van der Waals surface area (Å²) in [5, 5.41) is 4.02. The van der Waals surface area contributed by atoms with Gasteiger partial charge in [0.25, 0.3) is 0 Å². The lowest BCUT2D eigenvalue weighted by Gasteiger charge is -2.17. The van der Waals surface area contributed by atoms with Gasteiger partial charge in [-0.3, -0.25) is 0 Å². The first-order chi connectivity index (χ1) is 10.2. The minimum Gasteiger partial charge on any atom is -0.493 e. The maximum absolute atomic E-state index is 6.19. The second-order valence-electron chi connectivity index (χ2n) is 4.87. The van der Waals surface area contributed by atoms with Gasteiger partial charge in [0, 0.05) is 6.54 Å². The van der Waals surface area contributed by atoms with Crippen molar-refractivity contribution in [2.45, 2.75) is 26.8 Å². The Hall–Kier alpha value is -0.390. The minimum absolute atomic E-state index is 0. The first-order valence-electron chi connectivity index (χ1n) is 7.49. The van der Waals surface area contributed by atoms with Crippen LogP contribution in [0.1, 0.15) is 25.8 Å². The highest BCUT2D eigenvalue weighted by Crippen LogP contribution is 2.35. The molecule has 0 aliphatic carbocycles. The van der Waals surface area contributed by atoms with Crippen molar-refractivity contribution in [1.82, 2.24) is 10.2 Å². The number of nitrogens with one attached hydrogen (secondary N) is 1. The summed E-state index contributed by atoms with van der Waals surface area (Å²) >= 11 is 6.19. The van der Waals surface area contributed by atoms with Gasteiger partial charge in [-0.05, 0) is 50.3 Å². The largest absolute Gasteiger partial charge is 0.493 e. The molecule has 23 heavy (non-hydrogen) atoms. The Labute approximate surface area is 157 Å². The highest BCUT2D eigenvalue weighted by molar-refractivity contribution is 6.32. The molecule has 136 valence electrons. The highest BCUT2D eigenvalue weighted by atomic mass is 35.5. The maximum Gasteiger partial charge on any atom is 0.179 e. The van der Waals surface area contributed by atoms with Gasteiger partial charge in [0.15, 0.2) is 11.5 Å². The SMILES string of the molecule is CCN(CC)CCCNCc1cc(Cl)c(OC)c(OC)c1.Cl.Cl. The van der Waals surface area contributed by atoms with Crippen molar-refractivity contribution in [3.8, 4) is 11.5 Å². The summed E-state index contributed by atoms with van der Waals surface area (Å²) in [6.07, 6.45) is 1.14. The van der Waals surface area contributed by atoms with Crippen LogP contribution < -0.4 is 14.8 Å². The summed E-state index contributed by atoms with van der Waals surface area (Å²) in [7, 11) is 3.21. The van der Waals surface area contributed by atoms with Gasteiger partial charge in [-0.15, -0.1) is 24.8 Å². The fourth-order valence-electron chi connectivity index (χ4n) is 2.27. The lowest BCUT2D eigenvalue weighted by molar-refractivity contribution is 0.298. The maximum atomic E-state index is 6.19. The van der Waals surface area contributed by atoms with E-state index in [1.807, 2.05) is 12.1 Å². The highest BCUT2D eigenvalue weighted by Gasteiger charge is 2.10. The average molecular weight is 388 g/mol. The van der Waals surface area contributed by atoms with Gasteiger partial charge in [-0.25, -0.2) is 0 Å². The molecule has 0 amide bonds. The van der Waals surface area contributed by atoms with E-state index in [-0.39, 0.29) is 24.8 Å². The Morgan fingerprint density at radius 3 is 2.26 bits per heavy atom. The van der Waals surface area contributed by atoms with Crippen LogP contribution in [0.3, 0.4) is 0 Å². The molecule has 7 heteroatoms. The number of ether oxygens (including phenoxy) is 2. The van der Waals surface area contributed by atoms with E-state index < -0.39 is 0 Å². The van der Waals surface area contributed by atoms with E-state index in [1.54, 1.807) is 14.2 Å². The van der Waals surface area contributed by atoms with Crippen molar-refractivity contribution in [1.29, 1.82) is 0 Å². The Kier molecular flexibility index (Phi) is 15.1. The summed E-state index contributed by atoms with van der Waals surface area (Å²) in [4.78, 5) is 2.43. The van der Waals surface area contributed by atoms with E-state index in [0.29, 0.717) is 16.5 Å². The van der Waals surface area contributed by atoms with Crippen molar-refractivity contribution in [2.75, 3.05) is 40.4 Å². The predicted octanol–water partition coefficient (Wildman–Crippen LogP) is 4.02.